The number of carbonyl (C=O) groups is 3. The van der Waals surface area contributed by atoms with Gasteiger partial charge in [0.2, 0.25) is 0 Å². The van der Waals surface area contributed by atoms with Crippen LogP contribution in [0.1, 0.15) is 16.8 Å². The molecule has 8 heteroatoms. The van der Waals surface area contributed by atoms with Gasteiger partial charge in [-0.1, -0.05) is 0 Å². The summed E-state index contributed by atoms with van der Waals surface area (Å²) in [7, 11) is 2.75. The van der Waals surface area contributed by atoms with Gasteiger partial charge in [-0.25, -0.2) is 9.59 Å². The first-order valence-corrected chi connectivity index (χ1v) is 6.76. The third kappa shape index (κ3) is 5.07. The third-order valence-corrected chi connectivity index (χ3v) is 3.32. The number of hydrogen-bond donors (Lipinski definition) is 2. The Morgan fingerprint density at radius 3 is 2.62 bits per heavy atom. The number of nitrogens with one attached hydrogen (secondary N) is 1. The molecule has 0 unspecified atom stereocenters. The summed E-state index contributed by atoms with van der Waals surface area (Å²) in [5, 5.41) is 11.2. The van der Waals surface area contributed by atoms with Crippen molar-refractivity contribution in [2.24, 2.45) is 0 Å². The molecule has 0 bridgehead atoms. The summed E-state index contributed by atoms with van der Waals surface area (Å²) in [4.78, 5) is 35.1. The Morgan fingerprint density at radius 2 is 2.05 bits per heavy atom. The molecule has 0 fully saturated rings. The summed E-state index contributed by atoms with van der Waals surface area (Å²) in [5.41, 5.74) is 0.689. The Hall–Kier alpha value is -2.09. The SMILES string of the molecule is COC(=O)c1cc(NC(=O)N(C)CCC(=O)O)ccc1Br. The first-order chi connectivity index (χ1) is 9.85. The highest BCUT2D eigenvalue weighted by molar-refractivity contribution is 9.10. The molecule has 1 rings (SSSR count). The molecule has 0 aliphatic rings. The van der Waals surface area contributed by atoms with Gasteiger partial charge in [-0.3, -0.25) is 4.79 Å². The zero-order valence-corrected chi connectivity index (χ0v) is 13.1. The molecule has 7 nitrogen and oxygen atoms in total. The van der Waals surface area contributed by atoms with E-state index in [4.69, 9.17) is 5.11 Å². The van der Waals surface area contributed by atoms with E-state index < -0.39 is 18.0 Å². The summed E-state index contributed by atoms with van der Waals surface area (Å²) in [6, 6.07) is 4.23. The van der Waals surface area contributed by atoms with Crippen LogP contribution in [0.2, 0.25) is 0 Å². The lowest BCUT2D eigenvalue weighted by molar-refractivity contribution is -0.137. The van der Waals surface area contributed by atoms with Gasteiger partial charge in [-0.2, -0.15) is 0 Å². The Labute approximate surface area is 130 Å². The molecular weight excluding hydrogens is 344 g/mol. The van der Waals surface area contributed by atoms with Crippen molar-refractivity contribution < 1.29 is 24.2 Å². The topological polar surface area (TPSA) is 95.9 Å². The summed E-state index contributed by atoms with van der Waals surface area (Å²) < 4.78 is 5.18. The average Bonchev–Trinajstić information content (AvgIpc) is 2.45. The van der Waals surface area contributed by atoms with Crippen LogP contribution in [0.25, 0.3) is 0 Å². The van der Waals surface area contributed by atoms with Crippen LogP contribution in [-0.2, 0) is 9.53 Å². The zero-order valence-electron chi connectivity index (χ0n) is 11.6. The summed E-state index contributed by atoms with van der Waals surface area (Å²) >= 11 is 3.22. The maximum Gasteiger partial charge on any atom is 0.339 e. The highest BCUT2D eigenvalue weighted by Crippen LogP contribution is 2.22. The predicted octanol–water partition coefficient (Wildman–Crippen LogP) is 2.17. The second kappa shape index (κ2) is 7.63. The van der Waals surface area contributed by atoms with Gasteiger partial charge in [0.15, 0.2) is 0 Å². The minimum absolute atomic E-state index is 0.0849. The first-order valence-electron chi connectivity index (χ1n) is 5.97. The molecule has 21 heavy (non-hydrogen) atoms. The molecule has 0 atom stereocenters. The van der Waals surface area contributed by atoms with Gasteiger partial charge >= 0.3 is 18.0 Å². The van der Waals surface area contributed by atoms with Crippen LogP contribution in [0.15, 0.2) is 22.7 Å². The van der Waals surface area contributed by atoms with Crippen molar-refractivity contribution in [3.63, 3.8) is 0 Å². The molecule has 0 radical (unpaired) electrons. The average molecular weight is 359 g/mol. The van der Waals surface area contributed by atoms with Crippen LogP contribution < -0.4 is 5.32 Å². The molecule has 0 aliphatic carbocycles. The highest BCUT2D eigenvalue weighted by Gasteiger charge is 2.14. The number of ether oxygens (including phenoxy) is 1. The number of carbonyl (C=O) groups excluding carboxylic acids is 2. The number of esters is 1. The van der Waals surface area contributed by atoms with E-state index in [9.17, 15) is 14.4 Å². The number of urea groups is 1. The molecule has 1 aromatic carbocycles. The Balaban J connectivity index is 2.76. The van der Waals surface area contributed by atoms with E-state index in [1.54, 1.807) is 12.1 Å². The summed E-state index contributed by atoms with van der Waals surface area (Å²) in [6.45, 7) is 0.0849. The first kappa shape index (κ1) is 17.0. The molecule has 2 N–H and O–H groups in total. The van der Waals surface area contributed by atoms with Gasteiger partial charge in [-0.15, -0.1) is 0 Å². The fraction of sp³-hybridized carbons (Fsp3) is 0.308. The van der Waals surface area contributed by atoms with E-state index in [0.717, 1.165) is 0 Å². The molecule has 2 amide bonds. The molecule has 0 aromatic heterocycles. The van der Waals surface area contributed by atoms with Gasteiger partial charge < -0.3 is 20.1 Å². The van der Waals surface area contributed by atoms with E-state index in [2.05, 4.69) is 26.0 Å². The molecule has 0 heterocycles. The van der Waals surface area contributed by atoms with Crippen LogP contribution in [0.4, 0.5) is 10.5 Å². The number of aliphatic carboxylic acids is 1. The largest absolute Gasteiger partial charge is 0.481 e. The highest BCUT2D eigenvalue weighted by atomic mass is 79.9. The predicted molar refractivity (Wildman–Crippen MR) is 79.4 cm³/mol. The molecule has 0 saturated heterocycles. The zero-order chi connectivity index (χ0) is 16.0. The van der Waals surface area contributed by atoms with E-state index in [1.807, 2.05) is 0 Å². The van der Waals surface area contributed by atoms with Crippen LogP contribution in [-0.4, -0.2) is 48.7 Å². The van der Waals surface area contributed by atoms with Crippen molar-refractivity contribution in [3.8, 4) is 0 Å². The van der Waals surface area contributed by atoms with Crippen LogP contribution in [0.5, 0.6) is 0 Å². The maximum absolute atomic E-state index is 11.9. The normalized spacial score (nSPS) is 9.86. The summed E-state index contributed by atoms with van der Waals surface area (Å²) in [6.07, 6.45) is -0.141. The number of hydrogen-bond acceptors (Lipinski definition) is 4. The van der Waals surface area contributed by atoms with Crippen molar-refractivity contribution >= 4 is 39.6 Å². The molecule has 0 saturated carbocycles. The van der Waals surface area contributed by atoms with Crippen molar-refractivity contribution in [1.82, 2.24) is 4.90 Å². The lowest BCUT2D eigenvalue weighted by Crippen LogP contribution is -2.33. The second-order valence-corrected chi connectivity index (χ2v) is 5.04. The molecule has 0 aliphatic heterocycles. The van der Waals surface area contributed by atoms with Crippen molar-refractivity contribution in [2.75, 3.05) is 26.0 Å². The number of rotatable bonds is 5. The Kier molecular flexibility index (Phi) is 6.16. The van der Waals surface area contributed by atoms with E-state index in [0.29, 0.717) is 10.2 Å². The van der Waals surface area contributed by atoms with E-state index >= 15 is 0 Å². The Bertz CT molecular complexity index is 561. The summed E-state index contributed by atoms with van der Waals surface area (Å²) in [5.74, 6) is -1.51. The standard InChI is InChI=1S/C13H15BrN2O5/c1-16(6-5-11(17)18)13(20)15-8-3-4-10(14)9(7-8)12(19)21-2/h3-4,7H,5-6H2,1-2H3,(H,15,20)(H,17,18). The van der Waals surface area contributed by atoms with E-state index in [-0.39, 0.29) is 18.5 Å². The third-order valence-electron chi connectivity index (χ3n) is 2.63. The van der Waals surface area contributed by atoms with Gasteiger partial charge in [0.1, 0.15) is 0 Å². The van der Waals surface area contributed by atoms with Crippen LogP contribution in [0.3, 0.4) is 0 Å². The van der Waals surface area contributed by atoms with Gasteiger partial charge in [0.25, 0.3) is 0 Å². The smallest absolute Gasteiger partial charge is 0.339 e. The molecular formula is C13H15BrN2O5. The lowest BCUT2D eigenvalue weighted by Gasteiger charge is -2.17. The van der Waals surface area contributed by atoms with Gasteiger partial charge in [0.05, 0.1) is 19.1 Å². The Morgan fingerprint density at radius 1 is 1.38 bits per heavy atom. The fourth-order valence-corrected chi connectivity index (χ4v) is 1.86. The van der Waals surface area contributed by atoms with Crippen LogP contribution >= 0.6 is 15.9 Å². The van der Waals surface area contributed by atoms with E-state index in [1.165, 1.54) is 25.1 Å². The van der Waals surface area contributed by atoms with Gasteiger partial charge in [0, 0.05) is 23.8 Å². The molecule has 0 spiro atoms. The maximum atomic E-state index is 11.9. The number of nitrogens with zero attached hydrogens (tertiary/aromatic N) is 1. The number of methoxy groups -OCH3 is 1. The quantitative estimate of drug-likeness (QED) is 0.786. The van der Waals surface area contributed by atoms with Crippen molar-refractivity contribution in [2.45, 2.75) is 6.42 Å². The number of carboxylic acid groups (broad SMARTS) is 1. The second-order valence-electron chi connectivity index (χ2n) is 4.18. The van der Waals surface area contributed by atoms with Crippen LogP contribution in [0, 0.1) is 0 Å². The lowest BCUT2D eigenvalue weighted by atomic mass is 10.2. The monoisotopic (exact) mass is 358 g/mol. The number of halogens is 1. The van der Waals surface area contributed by atoms with Gasteiger partial charge in [-0.05, 0) is 34.1 Å². The molecule has 114 valence electrons. The minimum atomic E-state index is -0.980. The number of amides is 2. The number of carboxylic acids is 1. The number of benzene rings is 1. The molecule has 1 aromatic rings. The van der Waals surface area contributed by atoms with Crippen molar-refractivity contribution in [3.05, 3.63) is 28.2 Å². The fourth-order valence-electron chi connectivity index (χ4n) is 1.45. The van der Waals surface area contributed by atoms with Crippen molar-refractivity contribution in [1.29, 1.82) is 0 Å². The minimum Gasteiger partial charge on any atom is -0.481 e. The number of anilines is 1.